The zero-order valence-electron chi connectivity index (χ0n) is 13.0. The van der Waals surface area contributed by atoms with E-state index in [4.69, 9.17) is 9.47 Å². The van der Waals surface area contributed by atoms with E-state index in [1.165, 1.54) is 11.3 Å². The maximum atomic E-state index is 12.6. The van der Waals surface area contributed by atoms with Crippen molar-refractivity contribution in [2.24, 2.45) is 5.92 Å². The van der Waals surface area contributed by atoms with E-state index in [9.17, 15) is 4.79 Å². The van der Waals surface area contributed by atoms with Crippen LogP contribution in [0.2, 0.25) is 0 Å². The molecule has 2 aromatic rings. The van der Waals surface area contributed by atoms with Crippen molar-refractivity contribution in [2.75, 3.05) is 19.0 Å². The van der Waals surface area contributed by atoms with Crippen LogP contribution >= 0.6 is 11.3 Å². The van der Waals surface area contributed by atoms with Crippen molar-refractivity contribution in [3.8, 4) is 5.75 Å². The van der Waals surface area contributed by atoms with Crippen LogP contribution < -0.4 is 20.9 Å². The van der Waals surface area contributed by atoms with Crippen LogP contribution in [0.1, 0.15) is 16.6 Å². The maximum Gasteiger partial charge on any atom is 0.245 e. The Kier molecular flexibility index (Phi) is 4.15. The first-order valence-electron chi connectivity index (χ1n) is 7.61. The van der Waals surface area contributed by atoms with E-state index in [0.29, 0.717) is 18.3 Å². The number of carbonyl (C=O) groups is 1. The molecular formula is C15H17N5O3S. The minimum atomic E-state index is -0.405. The molecule has 3 atom stereocenters. The summed E-state index contributed by atoms with van der Waals surface area (Å²) in [5, 5.41) is 11.9. The molecule has 0 bridgehead atoms. The van der Waals surface area contributed by atoms with Crippen molar-refractivity contribution in [1.29, 1.82) is 0 Å². The van der Waals surface area contributed by atoms with Gasteiger partial charge >= 0.3 is 0 Å². The Labute approximate surface area is 142 Å². The molecule has 0 radical (unpaired) electrons. The molecule has 1 aromatic heterocycles. The van der Waals surface area contributed by atoms with E-state index in [1.807, 2.05) is 24.3 Å². The number of anilines is 1. The molecule has 3 N–H and O–H groups in total. The van der Waals surface area contributed by atoms with E-state index in [1.54, 1.807) is 7.11 Å². The largest absolute Gasteiger partial charge is 0.493 e. The normalized spacial score (nSPS) is 24.8. The lowest BCUT2D eigenvalue weighted by Crippen LogP contribution is -2.43. The average Bonchev–Trinajstić information content (AvgIpc) is 3.22. The van der Waals surface area contributed by atoms with Crippen molar-refractivity contribution < 1.29 is 14.3 Å². The number of fused-ring (bicyclic) bond motifs is 3. The Balaban J connectivity index is 1.46. The number of para-hydroxylation sites is 1. The molecule has 3 unspecified atom stereocenters. The number of hydrogen-bond acceptors (Lipinski definition) is 8. The van der Waals surface area contributed by atoms with Gasteiger partial charge in [0, 0.05) is 18.6 Å². The van der Waals surface area contributed by atoms with Gasteiger partial charge in [-0.3, -0.25) is 10.1 Å². The predicted molar refractivity (Wildman–Crippen MR) is 87.5 cm³/mol. The summed E-state index contributed by atoms with van der Waals surface area (Å²) in [6.45, 7) is 0.858. The zero-order valence-corrected chi connectivity index (χ0v) is 13.8. The minimum absolute atomic E-state index is 0.00580. The van der Waals surface area contributed by atoms with Crippen LogP contribution in [0.15, 0.2) is 24.3 Å². The van der Waals surface area contributed by atoms with Crippen LogP contribution in [-0.4, -0.2) is 35.9 Å². The average molecular weight is 347 g/mol. The van der Waals surface area contributed by atoms with Gasteiger partial charge in [-0.25, -0.2) is 10.9 Å². The Morgan fingerprint density at radius 2 is 2.29 bits per heavy atom. The maximum absolute atomic E-state index is 12.6. The van der Waals surface area contributed by atoms with Crippen LogP contribution in [0.5, 0.6) is 5.75 Å². The molecule has 9 heteroatoms. The second kappa shape index (κ2) is 6.44. The fourth-order valence-corrected chi connectivity index (χ4v) is 3.79. The molecule has 24 heavy (non-hydrogen) atoms. The first-order valence-corrected chi connectivity index (χ1v) is 8.43. The van der Waals surface area contributed by atoms with Gasteiger partial charge in [-0.05, 0) is 6.07 Å². The van der Waals surface area contributed by atoms with E-state index < -0.39 is 6.04 Å². The number of methoxy groups -OCH3 is 1. The Hall–Kier alpha value is -2.07. The zero-order chi connectivity index (χ0) is 16.5. The van der Waals surface area contributed by atoms with Crippen LogP contribution in [-0.2, 0) is 16.1 Å². The van der Waals surface area contributed by atoms with Gasteiger partial charge < -0.3 is 9.47 Å². The molecule has 3 heterocycles. The van der Waals surface area contributed by atoms with Gasteiger partial charge in [0.15, 0.2) is 0 Å². The number of rotatable bonds is 4. The summed E-state index contributed by atoms with van der Waals surface area (Å²) < 4.78 is 10.8. The third-order valence-electron chi connectivity index (χ3n) is 4.18. The van der Waals surface area contributed by atoms with Crippen LogP contribution in [0, 0.1) is 5.92 Å². The molecular weight excluding hydrogens is 330 g/mol. The number of amides is 1. The highest BCUT2D eigenvalue weighted by Crippen LogP contribution is 2.39. The third-order valence-corrected chi connectivity index (χ3v) is 5.00. The summed E-state index contributed by atoms with van der Waals surface area (Å²) >= 11 is 1.30. The number of ether oxygens (including phenoxy) is 2. The molecule has 0 saturated carbocycles. The summed E-state index contributed by atoms with van der Waals surface area (Å²) in [7, 11) is 1.59. The van der Waals surface area contributed by atoms with E-state index in [0.717, 1.165) is 16.3 Å². The molecule has 1 saturated heterocycles. The summed E-state index contributed by atoms with van der Waals surface area (Å²) in [6.07, 6.45) is 0. The van der Waals surface area contributed by atoms with Gasteiger partial charge in [0.25, 0.3) is 0 Å². The topological polar surface area (TPSA) is 97.4 Å². The monoisotopic (exact) mass is 347 g/mol. The molecule has 0 spiro atoms. The van der Waals surface area contributed by atoms with Crippen LogP contribution in [0.25, 0.3) is 0 Å². The molecule has 8 nitrogen and oxygen atoms in total. The second-order valence-electron chi connectivity index (χ2n) is 5.68. The first kappa shape index (κ1) is 15.5. The molecule has 1 fully saturated rings. The van der Waals surface area contributed by atoms with E-state index in [2.05, 4.69) is 26.4 Å². The molecule has 2 aliphatic rings. The standard InChI is InChI=1S/C15H17N5O3S/c1-22-7-11-17-20-15(24-11)16-14(21)13-9-6-23-10-5-3-2-4-8(10)12(9)18-19-13/h2-5,9,12-13,18-19H,6-7H2,1H3,(H,16,20,21). The van der Waals surface area contributed by atoms with E-state index in [-0.39, 0.29) is 17.9 Å². The number of hydrogen-bond donors (Lipinski definition) is 3. The molecule has 1 amide bonds. The second-order valence-corrected chi connectivity index (χ2v) is 6.74. The molecule has 2 aliphatic heterocycles. The molecule has 1 aromatic carbocycles. The predicted octanol–water partition coefficient (Wildman–Crippen LogP) is 0.849. The highest BCUT2D eigenvalue weighted by atomic mass is 32.1. The lowest BCUT2D eigenvalue weighted by molar-refractivity contribution is -0.119. The highest BCUT2D eigenvalue weighted by Gasteiger charge is 2.44. The van der Waals surface area contributed by atoms with Crippen molar-refractivity contribution in [3.63, 3.8) is 0 Å². The summed E-state index contributed by atoms with van der Waals surface area (Å²) in [6, 6.07) is 7.52. The SMILES string of the molecule is COCc1nnc(NC(=O)C2NNC3c4ccccc4OCC23)s1. The summed E-state index contributed by atoms with van der Waals surface area (Å²) in [5.41, 5.74) is 7.36. The van der Waals surface area contributed by atoms with Crippen molar-refractivity contribution in [1.82, 2.24) is 21.0 Å². The van der Waals surface area contributed by atoms with E-state index >= 15 is 0 Å². The van der Waals surface area contributed by atoms with Gasteiger partial charge in [0.1, 0.15) is 23.4 Å². The Bertz CT molecular complexity index is 752. The van der Waals surface area contributed by atoms with Gasteiger partial charge in [0.05, 0.1) is 12.6 Å². The lowest BCUT2D eigenvalue weighted by Gasteiger charge is -2.29. The molecule has 4 rings (SSSR count). The number of carbonyl (C=O) groups excluding carboxylic acids is 1. The number of aromatic nitrogens is 2. The number of nitrogens with zero attached hydrogens (tertiary/aromatic N) is 2. The third kappa shape index (κ3) is 2.75. The smallest absolute Gasteiger partial charge is 0.245 e. The van der Waals surface area contributed by atoms with Crippen molar-refractivity contribution >= 4 is 22.4 Å². The van der Waals surface area contributed by atoms with Crippen molar-refractivity contribution in [3.05, 3.63) is 34.8 Å². The summed E-state index contributed by atoms with van der Waals surface area (Å²) in [4.78, 5) is 12.6. The molecule has 126 valence electrons. The minimum Gasteiger partial charge on any atom is -0.493 e. The lowest BCUT2D eigenvalue weighted by atomic mass is 9.87. The van der Waals surface area contributed by atoms with Gasteiger partial charge in [-0.2, -0.15) is 0 Å². The Morgan fingerprint density at radius 3 is 3.17 bits per heavy atom. The first-order chi connectivity index (χ1) is 11.8. The fraction of sp³-hybridized carbons (Fsp3) is 0.400. The van der Waals surface area contributed by atoms with Gasteiger partial charge in [0.2, 0.25) is 11.0 Å². The molecule has 0 aliphatic carbocycles. The number of benzene rings is 1. The van der Waals surface area contributed by atoms with Crippen LogP contribution in [0.3, 0.4) is 0 Å². The van der Waals surface area contributed by atoms with Crippen molar-refractivity contribution in [2.45, 2.75) is 18.7 Å². The quantitative estimate of drug-likeness (QED) is 0.754. The highest BCUT2D eigenvalue weighted by molar-refractivity contribution is 7.15. The number of nitrogens with one attached hydrogen (secondary N) is 3. The van der Waals surface area contributed by atoms with Crippen LogP contribution in [0.4, 0.5) is 5.13 Å². The number of hydrazine groups is 1. The fourth-order valence-electron chi connectivity index (χ4n) is 3.07. The van der Waals surface area contributed by atoms with Gasteiger partial charge in [-0.1, -0.05) is 29.5 Å². The Morgan fingerprint density at radius 1 is 1.42 bits per heavy atom. The summed E-state index contributed by atoms with van der Waals surface area (Å²) in [5.74, 6) is 0.715. The van der Waals surface area contributed by atoms with Gasteiger partial charge in [-0.15, -0.1) is 10.2 Å².